The van der Waals surface area contributed by atoms with Crippen LogP contribution in [0.15, 0.2) is 0 Å². The third-order valence-corrected chi connectivity index (χ3v) is 2.36. The minimum Gasteiger partial charge on any atom is -0.394 e. The van der Waals surface area contributed by atoms with Gasteiger partial charge in [0.1, 0.15) is 24.4 Å². The van der Waals surface area contributed by atoms with Crippen LogP contribution in [0, 0.1) is 0 Å². The Morgan fingerprint density at radius 3 is 2.14 bits per heavy atom. The summed E-state index contributed by atoms with van der Waals surface area (Å²) in [7, 11) is 2.82. The van der Waals surface area contributed by atoms with Crippen LogP contribution in [0.1, 0.15) is 0 Å². The van der Waals surface area contributed by atoms with Gasteiger partial charge in [-0.1, -0.05) is 0 Å². The molecule has 0 spiro atoms. The molecule has 0 amide bonds. The van der Waals surface area contributed by atoms with Crippen molar-refractivity contribution in [2.24, 2.45) is 0 Å². The summed E-state index contributed by atoms with van der Waals surface area (Å²) < 4.78 is 15.0. The van der Waals surface area contributed by atoms with Crippen LogP contribution in [0.3, 0.4) is 0 Å². The predicted octanol–water partition coefficient (Wildman–Crippen LogP) is -1.91. The molecule has 1 fully saturated rings. The fraction of sp³-hybridized carbons (Fsp3) is 1.00. The molecule has 1 heterocycles. The average molecular weight is 208 g/mol. The molecule has 1 aliphatic rings. The van der Waals surface area contributed by atoms with Gasteiger partial charge in [-0.3, -0.25) is 0 Å². The Bertz CT molecular complexity index is 171. The van der Waals surface area contributed by atoms with Gasteiger partial charge in [-0.25, -0.2) is 0 Å². The molecule has 6 heteroatoms. The van der Waals surface area contributed by atoms with Crippen LogP contribution in [-0.4, -0.2) is 66.9 Å². The van der Waals surface area contributed by atoms with E-state index in [4.69, 9.17) is 19.3 Å². The molecular formula is C8H16O6. The van der Waals surface area contributed by atoms with Gasteiger partial charge in [-0.05, 0) is 0 Å². The SMILES string of the molecule is CO[C@@H]1C(O)[C@H](O)OC(CO)[C@@H]1OC. The zero-order valence-corrected chi connectivity index (χ0v) is 8.16. The highest BCUT2D eigenvalue weighted by Gasteiger charge is 2.44. The van der Waals surface area contributed by atoms with E-state index in [2.05, 4.69) is 0 Å². The van der Waals surface area contributed by atoms with E-state index in [0.29, 0.717) is 0 Å². The lowest BCUT2D eigenvalue weighted by Crippen LogP contribution is -2.59. The smallest absolute Gasteiger partial charge is 0.184 e. The Hall–Kier alpha value is -0.240. The Morgan fingerprint density at radius 2 is 1.71 bits per heavy atom. The fourth-order valence-corrected chi connectivity index (χ4v) is 1.61. The summed E-state index contributed by atoms with van der Waals surface area (Å²) in [5.41, 5.74) is 0. The largest absolute Gasteiger partial charge is 0.394 e. The summed E-state index contributed by atoms with van der Waals surface area (Å²) in [5, 5.41) is 27.7. The minimum atomic E-state index is -1.36. The molecule has 2 unspecified atom stereocenters. The molecule has 0 aromatic heterocycles. The van der Waals surface area contributed by atoms with Crippen LogP contribution in [0.4, 0.5) is 0 Å². The van der Waals surface area contributed by atoms with E-state index in [1.165, 1.54) is 14.2 Å². The van der Waals surface area contributed by atoms with Crippen molar-refractivity contribution < 1.29 is 29.5 Å². The van der Waals surface area contributed by atoms with E-state index in [1.54, 1.807) is 0 Å². The molecule has 1 saturated heterocycles. The topological polar surface area (TPSA) is 88.4 Å². The van der Waals surface area contributed by atoms with E-state index in [9.17, 15) is 10.2 Å². The Balaban J connectivity index is 2.75. The van der Waals surface area contributed by atoms with E-state index >= 15 is 0 Å². The second kappa shape index (κ2) is 5.01. The third kappa shape index (κ3) is 2.05. The Labute approximate surface area is 82.0 Å². The van der Waals surface area contributed by atoms with Crippen molar-refractivity contribution in [3.8, 4) is 0 Å². The van der Waals surface area contributed by atoms with Gasteiger partial charge >= 0.3 is 0 Å². The number of aliphatic hydroxyl groups is 3. The highest BCUT2D eigenvalue weighted by atomic mass is 16.7. The molecule has 0 bridgehead atoms. The molecule has 1 rings (SSSR count). The molecule has 14 heavy (non-hydrogen) atoms. The zero-order chi connectivity index (χ0) is 10.7. The summed E-state index contributed by atoms with van der Waals surface area (Å²) in [5.74, 6) is 0. The first kappa shape index (κ1) is 11.8. The van der Waals surface area contributed by atoms with Crippen LogP contribution >= 0.6 is 0 Å². The number of aliphatic hydroxyl groups excluding tert-OH is 3. The summed E-state index contributed by atoms with van der Waals surface area (Å²) in [6.07, 6.45) is -4.52. The molecule has 0 aromatic rings. The molecule has 6 nitrogen and oxygen atoms in total. The van der Waals surface area contributed by atoms with Crippen LogP contribution in [0.2, 0.25) is 0 Å². The lowest BCUT2D eigenvalue weighted by atomic mass is 9.99. The first-order chi connectivity index (χ1) is 6.65. The highest BCUT2D eigenvalue weighted by Crippen LogP contribution is 2.23. The normalized spacial score (nSPS) is 43.9. The monoisotopic (exact) mass is 208 g/mol. The summed E-state index contributed by atoms with van der Waals surface area (Å²) in [6.45, 7) is -0.303. The van der Waals surface area contributed by atoms with Crippen molar-refractivity contribution >= 4 is 0 Å². The first-order valence-electron chi connectivity index (χ1n) is 4.33. The standard InChI is InChI=1S/C8H16O6/c1-12-6-4(3-9)14-8(11)5(10)7(6)13-2/h4-11H,3H2,1-2H3/t4?,5?,6-,7+,8+/m0/s1. The second-order valence-corrected chi connectivity index (χ2v) is 3.14. The number of ether oxygens (including phenoxy) is 3. The maximum Gasteiger partial charge on any atom is 0.184 e. The molecule has 0 saturated carbocycles. The van der Waals surface area contributed by atoms with Crippen LogP contribution in [0.5, 0.6) is 0 Å². The Morgan fingerprint density at radius 1 is 1.14 bits per heavy atom. The molecule has 0 aromatic carbocycles. The molecule has 3 N–H and O–H groups in total. The summed E-state index contributed by atoms with van der Waals surface area (Å²) in [4.78, 5) is 0. The van der Waals surface area contributed by atoms with Gasteiger partial charge in [-0.2, -0.15) is 0 Å². The Kier molecular flexibility index (Phi) is 4.24. The fourth-order valence-electron chi connectivity index (χ4n) is 1.61. The van der Waals surface area contributed by atoms with Crippen molar-refractivity contribution in [1.82, 2.24) is 0 Å². The van der Waals surface area contributed by atoms with E-state index in [-0.39, 0.29) is 6.61 Å². The predicted molar refractivity (Wildman–Crippen MR) is 45.6 cm³/mol. The van der Waals surface area contributed by atoms with Crippen molar-refractivity contribution in [1.29, 1.82) is 0 Å². The second-order valence-electron chi connectivity index (χ2n) is 3.14. The zero-order valence-electron chi connectivity index (χ0n) is 8.16. The van der Waals surface area contributed by atoms with Crippen LogP contribution < -0.4 is 0 Å². The van der Waals surface area contributed by atoms with E-state index in [0.717, 1.165) is 0 Å². The molecule has 1 aliphatic heterocycles. The van der Waals surface area contributed by atoms with Gasteiger partial charge in [0, 0.05) is 14.2 Å². The minimum absolute atomic E-state index is 0.303. The van der Waals surface area contributed by atoms with E-state index < -0.39 is 30.7 Å². The van der Waals surface area contributed by atoms with Crippen molar-refractivity contribution in [2.45, 2.75) is 30.7 Å². The number of rotatable bonds is 3. The number of hydrogen-bond donors (Lipinski definition) is 3. The van der Waals surface area contributed by atoms with Gasteiger partial charge < -0.3 is 29.5 Å². The molecule has 84 valence electrons. The lowest BCUT2D eigenvalue weighted by molar-refractivity contribution is -0.294. The molecular weight excluding hydrogens is 192 g/mol. The van der Waals surface area contributed by atoms with Gasteiger partial charge in [-0.15, -0.1) is 0 Å². The maximum absolute atomic E-state index is 9.49. The third-order valence-electron chi connectivity index (χ3n) is 2.36. The number of hydrogen-bond acceptors (Lipinski definition) is 6. The lowest BCUT2D eigenvalue weighted by Gasteiger charge is -2.40. The molecule has 5 atom stereocenters. The number of methoxy groups -OCH3 is 2. The van der Waals surface area contributed by atoms with Crippen LogP contribution in [-0.2, 0) is 14.2 Å². The van der Waals surface area contributed by atoms with Crippen molar-refractivity contribution in [2.75, 3.05) is 20.8 Å². The van der Waals surface area contributed by atoms with Gasteiger partial charge in [0.05, 0.1) is 6.61 Å². The van der Waals surface area contributed by atoms with Crippen LogP contribution in [0.25, 0.3) is 0 Å². The van der Waals surface area contributed by atoms with Crippen molar-refractivity contribution in [3.63, 3.8) is 0 Å². The average Bonchev–Trinajstić information content (AvgIpc) is 2.20. The van der Waals surface area contributed by atoms with Gasteiger partial charge in [0.15, 0.2) is 6.29 Å². The van der Waals surface area contributed by atoms with Crippen molar-refractivity contribution in [3.05, 3.63) is 0 Å². The summed E-state index contributed by atoms with van der Waals surface area (Å²) in [6, 6.07) is 0. The van der Waals surface area contributed by atoms with Gasteiger partial charge in [0.2, 0.25) is 0 Å². The van der Waals surface area contributed by atoms with Gasteiger partial charge in [0.25, 0.3) is 0 Å². The highest BCUT2D eigenvalue weighted by molar-refractivity contribution is 4.90. The van der Waals surface area contributed by atoms with E-state index in [1.807, 2.05) is 0 Å². The quantitative estimate of drug-likeness (QED) is 0.501. The summed E-state index contributed by atoms with van der Waals surface area (Å²) >= 11 is 0. The molecule has 0 radical (unpaired) electrons. The first-order valence-corrected chi connectivity index (χ1v) is 4.33. The molecule has 0 aliphatic carbocycles. The maximum atomic E-state index is 9.49.